The van der Waals surface area contributed by atoms with Gasteiger partial charge in [-0.25, -0.2) is 4.98 Å². The normalized spacial score (nSPS) is 13.7. The molecule has 1 aliphatic heterocycles. The summed E-state index contributed by atoms with van der Waals surface area (Å²) in [5.74, 6) is 0.783. The molecule has 0 spiro atoms. The Morgan fingerprint density at radius 1 is 1.47 bits per heavy atom. The summed E-state index contributed by atoms with van der Waals surface area (Å²) in [7, 11) is 0. The van der Waals surface area contributed by atoms with Crippen molar-refractivity contribution in [1.29, 1.82) is 0 Å². The van der Waals surface area contributed by atoms with E-state index in [4.69, 9.17) is 10.5 Å². The number of nitrogen functional groups attached to an aromatic ring is 1. The van der Waals surface area contributed by atoms with Crippen molar-refractivity contribution in [1.82, 2.24) is 4.98 Å². The zero-order valence-electron chi connectivity index (χ0n) is 10.4. The molecule has 98 valence electrons. The van der Waals surface area contributed by atoms with Crippen molar-refractivity contribution in [2.45, 2.75) is 19.3 Å². The van der Waals surface area contributed by atoms with Crippen LogP contribution >= 0.6 is 11.3 Å². The average molecular weight is 274 g/mol. The van der Waals surface area contributed by atoms with Gasteiger partial charge in [-0.1, -0.05) is 12.1 Å². The second-order valence-corrected chi connectivity index (χ2v) is 5.41. The van der Waals surface area contributed by atoms with Crippen LogP contribution in [0.15, 0.2) is 23.6 Å². The maximum atomic E-state index is 12.3. The number of nitrogens with two attached hydrogens (primary N) is 1. The fourth-order valence-electron chi connectivity index (χ4n) is 2.27. The van der Waals surface area contributed by atoms with E-state index in [1.807, 2.05) is 23.6 Å². The number of ketones is 1. The lowest BCUT2D eigenvalue weighted by Gasteiger charge is -2.19. The van der Waals surface area contributed by atoms with Gasteiger partial charge in [-0.3, -0.25) is 4.79 Å². The zero-order chi connectivity index (χ0) is 13.2. The summed E-state index contributed by atoms with van der Waals surface area (Å²) >= 11 is 1.35. The molecular weight excluding hydrogens is 260 g/mol. The van der Waals surface area contributed by atoms with Gasteiger partial charge < -0.3 is 10.5 Å². The first-order valence-corrected chi connectivity index (χ1v) is 7.10. The number of benzene rings is 1. The summed E-state index contributed by atoms with van der Waals surface area (Å²) in [5.41, 5.74) is 8.07. The molecule has 3 rings (SSSR count). The fraction of sp³-hybridized carbons (Fsp3) is 0.286. The van der Waals surface area contributed by atoms with Crippen molar-refractivity contribution in [3.8, 4) is 5.75 Å². The molecule has 4 nitrogen and oxygen atoms in total. The van der Waals surface area contributed by atoms with Gasteiger partial charge in [0.2, 0.25) is 0 Å². The molecule has 1 aromatic carbocycles. The minimum absolute atomic E-state index is 0.0315. The smallest absolute Gasteiger partial charge is 0.180 e. The summed E-state index contributed by atoms with van der Waals surface area (Å²) in [4.78, 5) is 16.5. The van der Waals surface area contributed by atoms with Gasteiger partial charge in [-0.2, -0.15) is 0 Å². The minimum Gasteiger partial charge on any atom is -0.493 e. The van der Waals surface area contributed by atoms with Crippen molar-refractivity contribution >= 4 is 22.3 Å². The topological polar surface area (TPSA) is 65.2 Å². The summed E-state index contributed by atoms with van der Waals surface area (Å²) in [6.07, 6.45) is 2.25. The molecule has 0 atom stereocenters. The highest BCUT2D eigenvalue weighted by Crippen LogP contribution is 2.29. The Kier molecular flexibility index (Phi) is 3.21. The Labute approximate surface area is 115 Å². The molecule has 2 N–H and O–H groups in total. The van der Waals surface area contributed by atoms with Crippen molar-refractivity contribution in [2.75, 3.05) is 12.3 Å². The number of nitrogens with zero attached hydrogens (tertiary/aromatic N) is 1. The highest BCUT2D eigenvalue weighted by atomic mass is 32.1. The van der Waals surface area contributed by atoms with Crippen LogP contribution in [0.5, 0.6) is 5.75 Å². The Hall–Kier alpha value is -1.88. The number of hydrogen-bond acceptors (Lipinski definition) is 5. The monoisotopic (exact) mass is 274 g/mol. The second-order valence-electron chi connectivity index (χ2n) is 4.52. The zero-order valence-corrected chi connectivity index (χ0v) is 11.2. The van der Waals surface area contributed by atoms with E-state index in [1.165, 1.54) is 11.3 Å². The Bertz CT molecular complexity index is 622. The lowest BCUT2D eigenvalue weighted by atomic mass is 9.98. The van der Waals surface area contributed by atoms with Crippen LogP contribution in [0.1, 0.15) is 28.0 Å². The molecule has 2 heterocycles. The van der Waals surface area contributed by atoms with Crippen LogP contribution in [0.2, 0.25) is 0 Å². The van der Waals surface area contributed by atoms with Crippen molar-refractivity contribution in [3.63, 3.8) is 0 Å². The van der Waals surface area contributed by atoms with Crippen LogP contribution < -0.4 is 10.5 Å². The number of hydrogen-bond donors (Lipinski definition) is 1. The summed E-state index contributed by atoms with van der Waals surface area (Å²) in [6, 6.07) is 5.75. The third-order valence-corrected chi connectivity index (χ3v) is 3.87. The lowest BCUT2D eigenvalue weighted by Crippen LogP contribution is -2.14. The van der Waals surface area contributed by atoms with Crippen LogP contribution in [0, 0.1) is 0 Å². The maximum Gasteiger partial charge on any atom is 0.180 e. The molecule has 0 saturated carbocycles. The van der Waals surface area contributed by atoms with Crippen LogP contribution in [0.3, 0.4) is 0 Å². The van der Waals surface area contributed by atoms with E-state index >= 15 is 0 Å². The third-order valence-electron chi connectivity index (χ3n) is 3.15. The molecule has 5 heteroatoms. The van der Waals surface area contributed by atoms with E-state index in [9.17, 15) is 4.79 Å². The lowest BCUT2D eigenvalue weighted by molar-refractivity contribution is 0.0987. The molecule has 2 aromatic rings. The number of aryl methyl sites for hydroxylation is 1. The number of ether oxygens (including phenoxy) is 1. The largest absolute Gasteiger partial charge is 0.493 e. The highest BCUT2D eigenvalue weighted by molar-refractivity contribution is 7.13. The van der Waals surface area contributed by atoms with E-state index in [0.29, 0.717) is 17.3 Å². The SMILES string of the molecule is Nc1nc(CC(=O)c2cccc3c2OCCC3)cs1. The third kappa shape index (κ3) is 2.46. The number of aromatic nitrogens is 1. The van der Waals surface area contributed by atoms with Crippen molar-refractivity contribution in [2.24, 2.45) is 0 Å². The standard InChI is InChI=1S/C14H14N2O2S/c15-14-16-10(8-19-14)7-12(17)11-5-1-3-9-4-2-6-18-13(9)11/h1,3,5,8H,2,4,6-7H2,(H2,15,16). The van der Waals surface area contributed by atoms with Gasteiger partial charge in [-0.05, 0) is 24.5 Å². The van der Waals surface area contributed by atoms with E-state index < -0.39 is 0 Å². The van der Waals surface area contributed by atoms with Crippen molar-refractivity contribution in [3.05, 3.63) is 40.4 Å². The first-order chi connectivity index (χ1) is 9.24. The predicted octanol–water partition coefficient (Wildman–Crippen LogP) is 2.48. The van der Waals surface area contributed by atoms with E-state index in [-0.39, 0.29) is 12.2 Å². The molecule has 0 unspecified atom stereocenters. The highest BCUT2D eigenvalue weighted by Gasteiger charge is 2.19. The van der Waals surface area contributed by atoms with Crippen molar-refractivity contribution < 1.29 is 9.53 Å². The van der Waals surface area contributed by atoms with Gasteiger partial charge >= 0.3 is 0 Å². The van der Waals surface area contributed by atoms with E-state index in [0.717, 1.165) is 29.8 Å². The number of carbonyl (C=O) groups is 1. The van der Waals surface area contributed by atoms with Gasteiger partial charge in [0.25, 0.3) is 0 Å². The molecule has 19 heavy (non-hydrogen) atoms. The van der Waals surface area contributed by atoms with Crippen LogP contribution in [-0.4, -0.2) is 17.4 Å². The number of para-hydroxylation sites is 1. The molecule has 1 aliphatic rings. The second kappa shape index (κ2) is 5.01. The van der Waals surface area contributed by atoms with E-state index in [2.05, 4.69) is 4.98 Å². The summed E-state index contributed by atoms with van der Waals surface area (Å²) in [5, 5.41) is 2.32. The predicted molar refractivity (Wildman–Crippen MR) is 74.8 cm³/mol. The van der Waals surface area contributed by atoms with Crippen LogP contribution in [-0.2, 0) is 12.8 Å². The number of rotatable bonds is 3. The molecule has 0 saturated heterocycles. The van der Waals surface area contributed by atoms with Gasteiger partial charge in [0.05, 0.1) is 24.3 Å². The summed E-state index contributed by atoms with van der Waals surface area (Å²) in [6.45, 7) is 0.681. The number of carbonyl (C=O) groups excluding carboxylic acids is 1. The number of thiazole rings is 1. The minimum atomic E-state index is 0.0315. The van der Waals surface area contributed by atoms with Gasteiger partial charge in [0.15, 0.2) is 10.9 Å². The first-order valence-electron chi connectivity index (χ1n) is 6.22. The molecule has 0 radical (unpaired) electrons. The number of Topliss-reactive ketones (excluding diaryl/α,β-unsaturated/α-hetero) is 1. The summed E-state index contributed by atoms with van der Waals surface area (Å²) < 4.78 is 5.66. The van der Waals surface area contributed by atoms with E-state index in [1.54, 1.807) is 0 Å². The van der Waals surface area contributed by atoms with Crippen LogP contribution in [0.4, 0.5) is 5.13 Å². The molecule has 0 bridgehead atoms. The first kappa shape index (κ1) is 12.2. The average Bonchev–Trinajstić information content (AvgIpc) is 2.83. The molecular formula is C14H14N2O2S. The Morgan fingerprint density at radius 2 is 2.37 bits per heavy atom. The van der Waals surface area contributed by atoms with Gasteiger partial charge in [-0.15, -0.1) is 11.3 Å². The Morgan fingerprint density at radius 3 is 3.16 bits per heavy atom. The molecule has 0 aliphatic carbocycles. The fourth-order valence-corrected chi connectivity index (χ4v) is 2.83. The van der Waals surface area contributed by atoms with Gasteiger partial charge in [0.1, 0.15) is 5.75 Å². The maximum absolute atomic E-state index is 12.3. The Balaban J connectivity index is 1.87. The molecule has 0 amide bonds. The quantitative estimate of drug-likeness (QED) is 0.873. The van der Waals surface area contributed by atoms with Gasteiger partial charge in [0, 0.05) is 5.38 Å². The molecule has 0 fully saturated rings. The number of fused-ring (bicyclic) bond motifs is 1. The van der Waals surface area contributed by atoms with Crippen LogP contribution in [0.25, 0.3) is 0 Å². The number of anilines is 1. The molecule has 1 aromatic heterocycles.